The maximum atomic E-state index is 5.96. The van der Waals surface area contributed by atoms with Gasteiger partial charge in [0.15, 0.2) is 0 Å². The average Bonchev–Trinajstić information content (AvgIpc) is 2.49. The van der Waals surface area contributed by atoms with Crippen LogP contribution in [0.25, 0.3) is 22.3 Å². The lowest BCUT2D eigenvalue weighted by molar-refractivity contribution is 1.58. The molecule has 0 bridgehead atoms. The number of hydrogen-bond donors (Lipinski definition) is 0. The zero-order chi connectivity index (χ0) is 13.1. The lowest BCUT2D eigenvalue weighted by atomic mass is 9.95. The fraction of sp³-hybridized carbons (Fsp3) is 0. The van der Waals surface area contributed by atoms with Crippen LogP contribution in [0.5, 0.6) is 0 Å². The van der Waals surface area contributed by atoms with Crippen LogP contribution in [-0.2, 0) is 0 Å². The molecule has 3 aromatic carbocycles. The van der Waals surface area contributed by atoms with E-state index in [1.54, 1.807) is 0 Å². The molecule has 0 atom stereocenters. The molecule has 0 N–H and O–H groups in total. The van der Waals surface area contributed by atoms with Gasteiger partial charge >= 0.3 is 0 Å². The smallest absolute Gasteiger partial charge is 0.0406 e. The summed E-state index contributed by atoms with van der Waals surface area (Å²) in [7, 11) is 0. The summed E-state index contributed by atoms with van der Waals surface area (Å²) in [6.07, 6.45) is 0. The summed E-state index contributed by atoms with van der Waals surface area (Å²) < 4.78 is 0. The highest BCUT2D eigenvalue weighted by molar-refractivity contribution is 6.30. The van der Waals surface area contributed by atoms with Gasteiger partial charge in [-0.2, -0.15) is 0 Å². The van der Waals surface area contributed by atoms with Crippen molar-refractivity contribution in [3.05, 3.63) is 83.9 Å². The molecule has 0 heterocycles. The van der Waals surface area contributed by atoms with Gasteiger partial charge < -0.3 is 0 Å². The molecule has 0 aliphatic carbocycles. The van der Waals surface area contributed by atoms with Crippen molar-refractivity contribution < 1.29 is 0 Å². The number of benzene rings is 3. The highest BCUT2D eigenvalue weighted by Crippen LogP contribution is 2.32. The van der Waals surface area contributed by atoms with Gasteiger partial charge in [-0.05, 0) is 34.4 Å². The summed E-state index contributed by atoms with van der Waals surface area (Å²) in [6, 6.07) is 26.8. The molecule has 3 rings (SSSR count). The summed E-state index contributed by atoms with van der Waals surface area (Å²) >= 11 is 5.96. The molecule has 0 saturated heterocycles. The van der Waals surface area contributed by atoms with Crippen LogP contribution >= 0.6 is 11.6 Å². The normalized spacial score (nSPS) is 10.4. The maximum absolute atomic E-state index is 5.96. The lowest BCUT2D eigenvalue weighted by Gasteiger charge is -2.10. The molecule has 0 spiro atoms. The van der Waals surface area contributed by atoms with E-state index in [0.717, 1.165) is 5.02 Å². The first-order valence-corrected chi connectivity index (χ1v) is 6.63. The van der Waals surface area contributed by atoms with Crippen LogP contribution in [0.2, 0.25) is 5.02 Å². The molecule has 0 aromatic heterocycles. The molecule has 0 saturated carbocycles. The van der Waals surface area contributed by atoms with E-state index in [-0.39, 0.29) is 0 Å². The Balaban J connectivity index is 2.15. The van der Waals surface area contributed by atoms with Crippen molar-refractivity contribution in [2.45, 2.75) is 0 Å². The molecule has 0 aliphatic rings. The minimum atomic E-state index is 0.765. The summed E-state index contributed by atoms with van der Waals surface area (Å²) in [5.41, 5.74) is 4.88. The molecule has 0 aliphatic heterocycles. The van der Waals surface area contributed by atoms with Gasteiger partial charge in [-0.25, -0.2) is 0 Å². The van der Waals surface area contributed by atoms with Crippen molar-refractivity contribution in [3.63, 3.8) is 0 Å². The minimum absolute atomic E-state index is 0.765. The number of halogens is 1. The van der Waals surface area contributed by atoms with Crippen molar-refractivity contribution in [2.24, 2.45) is 0 Å². The zero-order valence-corrected chi connectivity index (χ0v) is 11.1. The van der Waals surface area contributed by atoms with E-state index in [4.69, 9.17) is 11.6 Å². The van der Waals surface area contributed by atoms with E-state index in [9.17, 15) is 0 Å². The molecular formula is C18H13Cl. The van der Waals surface area contributed by atoms with E-state index in [1.807, 2.05) is 18.2 Å². The SMILES string of the molecule is Clc1ccc(-c2ccccc2-c2ccccc2)cc1. The average molecular weight is 265 g/mol. The van der Waals surface area contributed by atoms with E-state index in [0.29, 0.717) is 0 Å². The van der Waals surface area contributed by atoms with Gasteiger partial charge in [0, 0.05) is 5.02 Å². The van der Waals surface area contributed by atoms with Crippen molar-refractivity contribution >= 4 is 11.6 Å². The Labute approximate surface area is 118 Å². The van der Waals surface area contributed by atoms with Gasteiger partial charge in [-0.15, -0.1) is 0 Å². The predicted molar refractivity (Wildman–Crippen MR) is 82.3 cm³/mol. The number of rotatable bonds is 2. The fourth-order valence-corrected chi connectivity index (χ4v) is 2.36. The molecule has 0 nitrogen and oxygen atoms in total. The Bertz CT molecular complexity index is 670. The standard InChI is InChI=1S/C18H13Cl/c19-16-12-10-15(11-13-16)18-9-5-4-8-17(18)14-6-2-1-3-7-14/h1-13H. The lowest BCUT2D eigenvalue weighted by Crippen LogP contribution is -1.84. The molecule has 92 valence electrons. The van der Waals surface area contributed by atoms with Crippen LogP contribution in [0.15, 0.2) is 78.9 Å². The van der Waals surface area contributed by atoms with Gasteiger partial charge in [0.25, 0.3) is 0 Å². The molecule has 1 heteroatoms. The summed E-state index contributed by atoms with van der Waals surface area (Å²) in [4.78, 5) is 0. The minimum Gasteiger partial charge on any atom is -0.0843 e. The van der Waals surface area contributed by atoms with E-state index in [1.165, 1.54) is 22.3 Å². The summed E-state index contributed by atoms with van der Waals surface area (Å²) in [5.74, 6) is 0. The van der Waals surface area contributed by atoms with Crippen molar-refractivity contribution in [2.75, 3.05) is 0 Å². The Hall–Kier alpha value is -2.05. The van der Waals surface area contributed by atoms with Crippen LogP contribution in [0.1, 0.15) is 0 Å². The number of hydrogen-bond acceptors (Lipinski definition) is 0. The molecule has 19 heavy (non-hydrogen) atoms. The third kappa shape index (κ3) is 2.54. The highest BCUT2D eigenvalue weighted by Gasteiger charge is 2.05. The van der Waals surface area contributed by atoms with Gasteiger partial charge in [-0.1, -0.05) is 78.3 Å². The van der Waals surface area contributed by atoms with Crippen LogP contribution in [0.4, 0.5) is 0 Å². The third-order valence-electron chi connectivity index (χ3n) is 3.17. The van der Waals surface area contributed by atoms with Gasteiger partial charge in [0.05, 0.1) is 0 Å². The first kappa shape index (κ1) is 12.0. The quantitative estimate of drug-likeness (QED) is 0.559. The van der Waals surface area contributed by atoms with Crippen molar-refractivity contribution in [1.29, 1.82) is 0 Å². The molecule has 0 fully saturated rings. The third-order valence-corrected chi connectivity index (χ3v) is 3.42. The summed E-state index contributed by atoms with van der Waals surface area (Å²) in [5, 5.41) is 0.765. The highest BCUT2D eigenvalue weighted by atomic mass is 35.5. The van der Waals surface area contributed by atoms with Crippen LogP contribution in [-0.4, -0.2) is 0 Å². The molecule has 0 radical (unpaired) electrons. The van der Waals surface area contributed by atoms with Crippen LogP contribution in [0, 0.1) is 0 Å². The maximum Gasteiger partial charge on any atom is 0.0406 e. The zero-order valence-electron chi connectivity index (χ0n) is 10.4. The van der Waals surface area contributed by atoms with Crippen molar-refractivity contribution in [3.8, 4) is 22.3 Å². The first-order chi connectivity index (χ1) is 9.34. The van der Waals surface area contributed by atoms with E-state index >= 15 is 0 Å². The van der Waals surface area contributed by atoms with Gasteiger partial charge in [0.2, 0.25) is 0 Å². The molecule has 0 amide bonds. The van der Waals surface area contributed by atoms with E-state index in [2.05, 4.69) is 60.7 Å². The Kier molecular flexibility index (Phi) is 3.35. The predicted octanol–water partition coefficient (Wildman–Crippen LogP) is 5.67. The first-order valence-electron chi connectivity index (χ1n) is 6.25. The summed E-state index contributed by atoms with van der Waals surface area (Å²) in [6.45, 7) is 0. The topological polar surface area (TPSA) is 0 Å². The van der Waals surface area contributed by atoms with Crippen molar-refractivity contribution in [1.82, 2.24) is 0 Å². The Morgan fingerprint density at radius 2 is 0.947 bits per heavy atom. The van der Waals surface area contributed by atoms with E-state index < -0.39 is 0 Å². The largest absolute Gasteiger partial charge is 0.0843 e. The Morgan fingerprint density at radius 3 is 1.53 bits per heavy atom. The van der Waals surface area contributed by atoms with Crippen LogP contribution < -0.4 is 0 Å². The molecular weight excluding hydrogens is 252 g/mol. The molecule has 0 unspecified atom stereocenters. The second kappa shape index (κ2) is 5.29. The second-order valence-corrected chi connectivity index (χ2v) is 4.85. The van der Waals surface area contributed by atoms with Crippen LogP contribution in [0.3, 0.4) is 0 Å². The van der Waals surface area contributed by atoms with Gasteiger partial charge in [-0.3, -0.25) is 0 Å². The second-order valence-electron chi connectivity index (χ2n) is 4.42. The fourth-order valence-electron chi connectivity index (χ4n) is 2.23. The molecule has 3 aromatic rings. The monoisotopic (exact) mass is 264 g/mol. The van der Waals surface area contributed by atoms with Gasteiger partial charge in [0.1, 0.15) is 0 Å². The Morgan fingerprint density at radius 1 is 0.474 bits per heavy atom.